The molecule has 1 saturated carbocycles. The highest BCUT2D eigenvalue weighted by atomic mass is 14.7. The lowest BCUT2D eigenvalue weighted by molar-refractivity contribution is 0.228. The Morgan fingerprint density at radius 3 is 2.50 bits per heavy atom. The maximum atomic E-state index is 6.49. The molecule has 0 aromatic carbocycles. The summed E-state index contributed by atoms with van der Waals surface area (Å²) in [4.78, 5) is 4.05. The largest absolute Gasteiger partial charge is 0.325 e. The Bertz CT molecular complexity index is 313. The minimum atomic E-state index is 0.0347. The van der Waals surface area contributed by atoms with Gasteiger partial charge in [0.1, 0.15) is 0 Å². The van der Waals surface area contributed by atoms with Gasteiger partial charge in [0.15, 0.2) is 0 Å². The van der Waals surface area contributed by atoms with E-state index in [9.17, 15) is 0 Å². The van der Waals surface area contributed by atoms with Crippen molar-refractivity contribution in [2.75, 3.05) is 0 Å². The van der Waals surface area contributed by atoms with Crippen molar-refractivity contribution < 1.29 is 0 Å². The molecule has 88 valence electrons. The monoisotopic (exact) mass is 218 g/mol. The molecular formula is C14H22N2. The SMILES string of the molecule is CCC1CCC(N)(Cc2ccncc2)CC1. The number of nitrogens with two attached hydrogens (primary N) is 1. The van der Waals surface area contributed by atoms with Crippen molar-refractivity contribution in [3.05, 3.63) is 30.1 Å². The molecule has 0 unspecified atom stereocenters. The van der Waals surface area contributed by atoms with Crippen molar-refractivity contribution in [2.45, 2.75) is 51.0 Å². The standard InChI is InChI=1S/C14H22N2/c1-2-12-3-7-14(15,8-4-12)11-13-5-9-16-10-6-13/h5-6,9-10,12H,2-4,7-8,11,15H2,1H3. The molecule has 0 saturated heterocycles. The van der Waals surface area contributed by atoms with E-state index in [-0.39, 0.29) is 5.54 Å². The number of hydrogen-bond acceptors (Lipinski definition) is 2. The first-order valence-electron chi connectivity index (χ1n) is 6.40. The van der Waals surface area contributed by atoms with E-state index < -0.39 is 0 Å². The number of aromatic nitrogens is 1. The van der Waals surface area contributed by atoms with Gasteiger partial charge in [-0.05, 0) is 55.7 Å². The van der Waals surface area contributed by atoms with Crippen LogP contribution in [-0.2, 0) is 6.42 Å². The van der Waals surface area contributed by atoms with Crippen molar-refractivity contribution in [3.8, 4) is 0 Å². The summed E-state index contributed by atoms with van der Waals surface area (Å²) < 4.78 is 0. The molecule has 1 fully saturated rings. The second-order valence-corrected chi connectivity index (χ2v) is 5.25. The van der Waals surface area contributed by atoms with Crippen LogP contribution in [0.5, 0.6) is 0 Å². The van der Waals surface area contributed by atoms with E-state index in [2.05, 4.69) is 24.0 Å². The number of hydrogen-bond donors (Lipinski definition) is 1. The molecule has 0 amide bonds. The van der Waals surface area contributed by atoms with Gasteiger partial charge in [0.2, 0.25) is 0 Å². The van der Waals surface area contributed by atoms with E-state index in [1.165, 1.54) is 37.7 Å². The van der Waals surface area contributed by atoms with Crippen LogP contribution in [0.4, 0.5) is 0 Å². The van der Waals surface area contributed by atoms with Crippen LogP contribution in [0.25, 0.3) is 0 Å². The van der Waals surface area contributed by atoms with E-state index in [1.54, 1.807) is 0 Å². The smallest absolute Gasteiger partial charge is 0.0270 e. The van der Waals surface area contributed by atoms with Crippen LogP contribution in [0.2, 0.25) is 0 Å². The molecule has 1 aliphatic rings. The maximum Gasteiger partial charge on any atom is 0.0270 e. The third-order valence-corrected chi connectivity index (χ3v) is 3.98. The van der Waals surface area contributed by atoms with Crippen LogP contribution < -0.4 is 5.73 Å². The Labute approximate surface area is 98.3 Å². The Morgan fingerprint density at radius 1 is 1.31 bits per heavy atom. The normalized spacial score (nSPS) is 30.2. The van der Waals surface area contributed by atoms with Gasteiger partial charge in [0.25, 0.3) is 0 Å². The Morgan fingerprint density at radius 2 is 1.94 bits per heavy atom. The number of pyridine rings is 1. The van der Waals surface area contributed by atoms with Crippen LogP contribution in [0.1, 0.15) is 44.6 Å². The first-order valence-corrected chi connectivity index (χ1v) is 6.40. The minimum Gasteiger partial charge on any atom is -0.325 e. The minimum absolute atomic E-state index is 0.0347. The molecule has 2 heteroatoms. The summed E-state index contributed by atoms with van der Waals surface area (Å²) in [6, 6.07) is 4.17. The molecule has 2 nitrogen and oxygen atoms in total. The molecule has 1 aromatic rings. The number of rotatable bonds is 3. The zero-order chi connectivity index (χ0) is 11.4. The zero-order valence-electron chi connectivity index (χ0n) is 10.2. The van der Waals surface area contributed by atoms with Gasteiger partial charge in [0, 0.05) is 17.9 Å². The molecule has 2 rings (SSSR count). The third kappa shape index (κ3) is 2.82. The predicted molar refractivity (Wildman–Crippen MR) is 67.1 cm³/mol. The summed E-state index contributed by atoms with van der Waals surface area (Å²) in [5.74, 6) is 0.911. The fraction of sp³-hybridized carbons (Fsp3) is 0.643. The van der Waals surface area contributed by atoms with E-state index >= 15 is 0 Å². The quantitative estimate of drug-likeness (QED) is 0.847. The molecule has 2 N–H and O–H groups in total. The van der Waals surface area contributed by atoms with E-state index in [0.29, 0.717) is 0 Å². The van der Waals surface area contributed by atoms with Crippen molar-refractivity contribution in [3.63, 3.8) is 0 Å². The van der Waals surface area contributed by atoms with Gasteiger partial charge >= 0.3 is 0 Å². The molecule has 1 aromatic heterocycles. The summed E-state index contributed by atoms with van der Waals surface area (Å²) >= 11 is 0. The van der Waals surface area contributed by atoms with Gasteiger partial charge in [-0.3, -0.25) is 4.98 Å². The van der Waals surface area contributed by atoms with Crippen molar-refractivity contribution in [1.82, 2.24) is 4.98 Å². The summed E-state index contributed by atoms with van der Waals surface area (Å²) in [6.45, 7) is 2.29. The Balaban J connectivity index is 1.95. The van der Waals surface area contributed by atoms with Gasteiger partial charge in [-0.2, -0.15) is 0 Å². The fourth-order valence-electron chi connectivity index (χ4n) is 2.74. The first-order chi connectivity index (χ1) is 7.72. The summed E-state index contributed by atoms with van der Waals surface area (Å²) in [6.07, 6.45) is 11.0. The van der Waals surface area contributed by atoms with E-state index in [0.717, 1.165) is 12.3 Å². The van der Waals surface area contributed by atoms with Crippen LogP contribution in [0, 0.1) is 5.92 Å². The fourth-order valence-corrected chi connectivity index (χ4v) is 2.74. The molecule has 16 heavy (non-hydrogen) atoms. The van der Waals surface area contributed by atoms with Crippen molar-refractivity contribution in [1.29, 1.82) is 0 Å². The summed E-state index contributed by atoms with van der Waals surface area (Å²) in [5.41, 5.74) is 7.85. The van der Waals surface area contributed by atoms with E-state index in [1.807, 2.05) is 12.4 Å². The average Bonchev–Trinajstić information content (AvgIpc) is 2.31. The van der Waals surface area contributed by atoms with E-state index in [4.69, 9.17) is 5.73 Å². The second-order valence-electron chi connectivity index (χ2n) is 5.25. The Hall–Kier alpha value is -0.890. The first kappa shape index (κ1) is 11.6. The second kappa shape index (κ2) is 4.96. The molecule has 1 heterocycles. The third-order valence-electron chi connectivity index (χ3n) is 3.98. The molecule has 0 atom stereocenters. The molecule has 0 spiro atoms. The highest BCUT2D eigenvalue weighted by Gasteiger charge is 2.30. The van der Waals surface area contributed by atoms with Gasteiger partial charge in [0.05, 0.1) is 0 Å². The highest BCUT2D eigenvalue weighted by molar-refractivity contribution is 5.14. The molecule has 0 bridgehead atoms. The van der Waals surface area contributed by atoms with Crippen LogP contribution in [0.15, 0.2) is 24.5 Å². The average molecular weight is 218 g/mol. The van der Waals surface area contributed by atoms with Crippen molar-refractivity contribution >= 4 is 0 Å². The number of nitrogens with zero attached hydrogens (tertiary/aromatic N) is 1. The topological polar surface area (TPSA) is 38.9 Å². The summed E-state index contributed by atoms with van der Waals surface area (Å²) in [5, 5.41) is 0. The van der Waals surface area contributed by atoms with Gasteiger partial charge < -0.3 is 5.73 Å². The van der Waals surface area contributed by atoms with Crippen LogP contribution in [0.3, 0.4) is 0 Å². The Kier molecular flexibility index (Phi) is 3.59. The van der Waals surface area contributed by atoms with Crippen LogP contribution >= 0.6 is 0 Å². The molecular weight excluding hydrogens is 196 g/mol. The molecule has 1 aliphatic carbocycles. The van der Waals surface area contributed by atoms with Gasteiger partial charge in [-0.15, -0.1) is 0 Å². The van der Waals surface area contributed by atoms with Crippen LogP contribution in [-0.4, -0.2) is 10.5 Å². The van der Waals surface area contributed by atoms with Gasteiger partial charge in [-0.1, -0.05) is 13.3 Å². The predicted octanol–water partition coefficient (Wildman–Crippen LogP) is 2.92. The molecule has 0 radical (unpaired) electrons. The van der Waals surface area contributed by atoms with Gasteiger partial charge in [-0.25, -0.2) is 0 Å². The lowest BCUT2D eigenvalue weighted by Gasteiger charge is -2.37. The van der Waals surface area contributed by atoms with Crippen molar-refractivity contribution in [2.24, 2.45) is 11.7 Å². The highest BCUT2D eigenvalue weighted by Crippen LogP contribution is 2.34. The lowest BCUT2D eigenvalue weighted by Crippen LogP contribution is -2.45. The zero-order valence-corrected chi connectivity index (χ0v) is 10.2. The maximum absolute atomic E-state index is 6.49. The lowest BCUT2D eigenvalue weighted by atomic mass is 9.73. The summed E-state index contributed by atoms with van der Waals surface area (Å²) in [7, 11) is 0. The molecule has 0 aliphatic heterocycles.